The van der Waals surface area contributed by atoms with Crippen molar-refractivity contribution in [1.29, 1.82) is 0 Å². The van der Waals surface area contributed by atoms with Gasteiger partial charge in [-0.2, -0.15) is 0 Å². The summed E-state index contributed by atoms with van der Waals surface area (Å²) in [6.45, 7) is 0. The standard InChI is InChI=1S/C7H6Br2N2O4S/c1-10-16(14,15)7-5(8)2-4(11(12)13)3-6(7)9/h2-3,10H,1H3. The summed E-state index contributed by atoms with van der Waals surface area (Å²) in [7, 11) is -2.41. The molecule has 0 saturated carbocycles. The molecule has 1 aromatic rings. The molecular formula is C7H6Br2N2O4S. The fourth-order valence-electron chi connectivity index (χ4n) is 1.01. The van der Waals surface area contributed by atoms with Crippen LogP contribution in [0.1, 0.15) is 0 Å². The first-order valence-corrected chi connectivity index (χ1v) is 6.93. The quantitative estimate of drug-likeness (QED) is 0.648. The summed E-state index contributed by atoms with van der Waals surface area (Å²) >= 11 is 5.98. The van der Waals surface area contributed by atoms with Crippen molar-refractivity contribution in [3.8, 4) is 0 Å². The topological polar surface area (TPSA) is 89.3 Å². The molecule has 0 atom stereocenters. The van der Waals surface area contributed by atoms with Crippen LogP contribution in [0.2, 0.25) is 0 Å². The number of nitrogens with zero attached hydrogens (tertiary/aromatic N) is 1. The molecular weight excluding hydrogens is 368 g/mol. The minimum atomic E-state index is -3.67. The summed E-state index contributed by atoms with van der Waals surface area (Å²) in [4.78, 5) is 9.86. The van der Waals surface area contributed by atoms with E-state index in [1.807, 2.05) is 0 Å². The van der Waals surface area contributed by atoms with Crippen LogP contribution < -0.4 is 4.72 Å². The fourth-order valence-corrected chi connectivity index (χ4v) is 4.29. The highest BCUT2D eigenvalue weighted by atomic mass is 79.9. The van der Waals surface area contributed by atoms with Crippen LogP contribution in [-0.4, -0.2) is 20.4 Å². The molecule has 0 aliphatic heterocycles. The van der Waals surface area contributed by atoms with E-state index in [1.54, 1.807) is 0 Å². The Labute approximate surface area is 108 Å². The molecule has 0 spiro atoms. The lowest BCUT2D eigenvalue weighted by Crippen LogP contribution is -2.19. The van der Waals surface area contributed by atoms with Crippen molar-refractivity contribution in [3.63, 3.8) is 0 Å². The molecule has 0 bridgehead atoms. The third-order valence-corrected chi connectivity index (χ3v) is 5.02. The van der Waals surface area contributed by atoms with Crippen molar-refractivity contribution >= 4 is 47.6 Å². The van der Waals surface area contributed by atoms with Crippen LogP contribution in [-0.2, 0) is 10.0 Å². The van der Waals surface area contributed by atoms with E-state index in [2.05, 4.69) is 36.6 Å². The number of hydrogen-bond acceptors (Lipinski definition) is 4. The van der Waals surface area contributed by atoms with E-state index in [0.29, 0.717) is 0 Å². The Morgan fingerprint density at radius 3 is 2.06 bits per heavy atom. The zero-order chi connectivity index (χ0) is 12.5. The van der Waals surface area contributed by atoms with E-state index in [0.717, 1.165) is 12.1 Å². The lowest BCUT2D eigenvalue weighted by molar-refractivity contribution is -0.385. The van der Waals surface area contributed by atoms with Crippen LogP contribution in [0.5, 0.6) is 0 Å². The summed E-state index contributed by atoms with van der Waals surface area (Å²) in [6.07, 6.45) is 0. The Balaban J connectivity index is 3.52. The second-order valence-electron chi connectivity index (χ2n) is 2.70. The zero-order valence-electron chi connectivity index (χ0n) is 7.90. The van der Waals surface area contributed by atoms with Gasteiger partial charge in [0.05, 0.1) is 4.92 Å². The predicted octanol–water partition coefficient (Wildman–Crippen LogP) is 2.03. The van der Waals surface area contributed by atoms with Crippen LogP contribution in [0.15, 0.2) is 26.0 Å². The molecule has 0 aliphatic carbocycles. The summed E-state index contributed by atoms with van der Waals surface area (Å²) in [5.74, 6) is 0. The molecule has 0 heterocycles. The molecule has 16 heavy (non-hydrogen) atoms. The van der Waals surface area contributed by atoms with E-state index >= 15 is 0 Å². The van der Waals surface area contributed by atoms with Gasteiger partial charge in [0.15, 0.2) is 0 Å². The average molecular weight is 374 g/mol. The summed E-state index contributed by atoms with van der Waals surface area (Å²) < 4.78 is 25.6. The van der Waals surface area contributed by atoms with Gasteiger partial charge in [-0.25, -0.2) is 13.1 Å². The number of halogens is 2. The van der Waals surface area contributed by atoms with Gasteiger partial charge in [-0.15, -0.1) is 0 Å². The highest BCUT2D eigenvalue weighted by molar-refractivity contribution is 9.11. The van der Waals surface area contributed by atoms with Crippen LogP contribution in [0.4, 0.5) is 5.69 Å². The second kappa shape index (κ2) is 4.78. The summed E-state index contributed by atoms with van der Waals surface area (Å²) in [6, 6.07) is 2.27. The van der Waals surface area contributed by atoms with Gasteiger partial charge in [0.1, 0.15) is 4.90 Å². The highest BCUT2D eigenvalue weighted by Gasteiger charge is 2.22. The first-order valence-electron chi connectivity index (χ1n) is 3.86. The normalized spacial score (nSPS) is 11.4. The SMILES string of the molecule is CNS(=O)(=O)c1c(Br)cc([N+](=O)[O-])cc1Br. The molecule has 0 radical (unpaired) electrons. The van der Waals surface area contributed by atoms with Crippen molar-refractivity contribution in [2.24, 2.45) is 0 Å². The van der Waals surface area contributed by atoms with Gasteiger partial charge in [0, 0.05) is 21.1 Å². The van der Waals surface area contributed by atoms with Gasteiger partial charge in [-0.1, -0.05) is 0 Å². The number of sulfonamides is 1. The van der Waals surface area contributed by atoms with Crippen molar-refractivity contribution < 1.29 is 13.3 Å². The van der Waals surface area contributed by atoms with E-state index in [1.165, 1.54) is 7.05 Å². The minimum Gasteiger partial charge on any atom is -0.258 e. The van der Waals surface area contributed by atoms with Gasteiger partial charge in [-0.3, -0.25) is 10.1 Å². The number of non-ortho nitro benzene ring substituents is 1. The number of hydrogen-bond donors (Lipinski definition) is 1. The molecule has 1 aromatic carbocycles. The summed E-state index contributed by atoms with van der Waals surface area (Å²) in [5, 5.41) is 10.5. The number of nitro benzene ring substituents is 1. The average Bonchev–Trinajstić information content (AvgIpc) is 2.16. The van der Waals surface area contributed by atoms with E-state index in [4.69, 9.17) is 0 Å². The Morgan fingerprint density at radius 2 is 1.75 bits per heavy atom. The number of rotatable bonds is 3. The van der Waals surface area contributed by atoms with Crippen molar-refractivity contribution in [2.75, 3.05) is 7.05 Å². The first kappa shape index (κ1) is 13.6. The van der Waals surface area contributed by atoms with Crippen LogP contribution in [0.3, 0.4) is 0 Å². The number of benzene rings is 1. The van der Waals surface area contributed by atoms with Gasteiger partial charge in [-0.05, 0) is 38.9 Å². The molecule has 0 amide bonds. The Bertz CT molecular complexity index is 520. The van der Waals surface area contributed by atoms with Crippen LogP contribution in [0, 0.1) is 10.1 Å². The molecule has 6 nitrogen and oxygen atoms in total. The van der Waals surface area contributed by atoms with Gasteiger partial charge < -0.3 is 0 Å². The molecule has 0 aromatic heterocycles. The molecule has 9 heteroatoms. The Morgan fingerprint density at radius 1 is 1.31 bits per heavy atom. The minimum absolute atomic E-state index is 0.0689. The van der Waals surface area contributed by atoms with E-state index in [-0.39, 0.29) is 19.5 Å². The fraction of sp³-hybridized carbons (Fsp3) is 0.143. The van der Waals surface area contributed by atoms with E-state index < -0.39 is 14.9 Å². The largest absolute Gasteiger partial charge is 0.271 e. The Hall–Kier alpha value is -0.510. The summed E-state index contributed by atoms with van der Waals surface area (Å²) in [5.41, 5.74) is -0.200. The molecule has 0 fully saturated rings. The van der Waals surface area contributed by atoms with Gasteiger partial charge in [0.25, 0.3) is 5.69 Å². The van der Waals surface area contributed by atoms with Crippen molar-refractivity contribution in [1.82, 2.24) is 4.72 Å². The molecule has 1 rings (SSSR count). The van der Waals surface area contributed by atoms with Crippen molar-refractivity contribution in [2.45, 2.75) is 4.90 Å². The molecule has 0 saturated heterocycles. The zero-order valence-corrected chi connectivity index (χ0v) is 11.9. The highest BCUT2D eigenvalue weighted by Crippen LogP contribution is 2.33. The van der Waals surface area contributed by atoms with E-state index in [9.17, 15) is 18.5 Å². The maximum Gasteiger partial charge on any atom is 0.271 e. The lowest BCUT2D eigenvalue weighted by Gasteiger charge is -2.07. The molecule has 0 unspecified atom stereocenters. The number of nitro groups is 1. The monoisotopic (exact) mass is 372 g/mol. The smallest absolute Gasteiger partial charge is 0.258 e. The molecule has 1 N–H and O–H groups in total. The second-order valence-corrected chi connectivity index (χ2v) is 6.24. The van der Waals surface area contributed by atoms with Gasteiger partial charge >= 0.3 is 0 Å². The molecule has 88 valence electrons. The Kier molecular flexibility index (Phi) is 4.05. The molecule has 0 aliphatic rings. The van der Waals surface area contributed by atoms with Crippen molar-refractivity contribution in [3.05, 3.63) is 31.2 Å². The maximum absolute atomic E-state index is 11.6. The van der Waals surface area contributed by atoms with Crippen LogP contribution in [0.25, 0.3) is 0 Å². The third kappa shape index (κ3) is 2.59. The van der Waals surface area contributed by atoms with Crippen LogP contribution >= 0.6 is 31.9 Å². The lowest BCUT2D eigenvalue weighted by atomic mass is 10.3. The predicted molar refractivity (Wildman–Crippen MR) is 64.7 cm³/mol. The third-order valence-electron chi connectivity index (χ3n) is 1.73. The maximum atomic E-state index is 11.6. The number of nitrogens with one attached hydrogen (secondary N) is 1. The van der Waals surface area contributed by atoms with Gasteiger partial charge in [0.2, 0.25) is 10.0 Å². The first-order chi connectivity index (χ1) is 7.29.